The van der Waals surface area contributed by atoms with Gasteiger partial charge in [-0.3, -0.25) is 0 Å². The zero-order valence-electron chi connectivity index (χ0n) is 26.5. The second kappa shape index (κ2) is 15.8. The lowest BCUT2D eigenvalue weighted by molar-refractivity contribution is -0.131. The number of hydrogen-bond acceptors (Lipinski definition) is 6. The van der Waals surface area contributed by atoms with Gasteiger partial charge in [0.2, 0.25) is 0 Å². The molecule has 0 spiro atoms. The van der Waals surface area contributed by atoms with E-state index in [1.165, 1.54) is 6.08 Å². The molecule has 220 valence electrons. The van der Waals surface area contributed by atoms with Crippen LogP contribution in [0.4, 0.5) is 0 Å². The lowest BCUT2D eigenvalue weighted by Gasteiger charge is -2.48. The molecule has 0 saturated carbocycles. The molecule has 0 amide bonds. The van der Waals surface area contributed by atoms with Crippen molar-refractivity contribution in [2.75, 3.05) is 0 Å². The Morgan fingerprint density at radius 1 is 0.676 bits per heavy atom. The van der Waals surface area contributed by atoms with Crippen LogP contribution in [0.3, 0.4) is 0 Å². The molecular formula is C26H60O6Si5. The Morgan fingerprint density at radius 2 is 1.03 bits per heavy atom. The molecule has 0 bridgehead atoms. The van der Waals surface area contributed by atoms with Gasteiger partial charge in [-0.25, -0.2) is 4.79 Å². The second-order valence-electron chi connectivity index (χ2n) is 12.2. The third-order valence-corrected chi connectivity index (χ3v) is 29.8. The number of carbonyl (C=O) groups excluding carboxylic acids is 1. The van der Waals surface area contributed by atoms with Crippen LogP contribution in [-0.4, -0.2) is 48.5 Å². The lowest BCUT2D eigenvalue weighted by atomic mass is 10.3. The van der Waals surface area contributed by atoms with Gasteiger partial charge in [-0.05, 0) is 67.7 Å². The quantitative estimate of drug-likeness (QED) is 0.102. The molecule has 0 aromatic rings. The highest BCUT2D eigenvalue weighted by Crippen LogP contribution is 2.39. The third kappa shape index (κ3) is 12.0. The second-order valence-corrected chi connectivity index (χ2v) is 32.5. The smallest absolute Gasteiger partial charge is 0.491 e. The van der Waals surface area contributed by atoms with E-state index >= 15 is 0 Å². The van der Waals surface area contributed by atoms with Crippen LogP contribution >= 0.6 is 0 Å². The van der Waals surface area contributed by atoms with Crippen LogP contribution in [0.1, 0.15) is 69.2 Å². The highest BCUT2D eigenvalue weighted by atomic mass is 28.5. The Labute approximate surface area is 235 Å². The molecule has 0 rings (SSSR count). The minimum atomic E-state index is -3.74. The van der Waals surface area contributed by atoms with Crippen molar-refractivity contribution in [1.82, 2.24) is 0 Å². The van der Waals surface area contributed by atoms with Crippen molar-refractivity contribution in [3.8, 4) is 0 Å². The van der Waals surface area contributed by atoms with Crippen molar-refractivity contribution in [2.24, 2.45) is 11.8 Å². The average Bonchev–Trinajstić information content (AvgIpc) is 2.79. The van der Waals surface area contributed by atoms with E-state index in [1.54, 1.807) is 0 Å². The van der Waals surface area contributed by atoms with Crippen molar-refractivity contribution < 1.29 is 25.7 Å². The first kappa shape index (κ1) is 37.1. The minimum absolute atomic E-state index is 0.276. The van der Waals surface area contributed by atoms with Crippen LogP contribution < -0.4 is 0 Å². The van der Waals surface area contributed by atoms with Crippen LogP contribution in [0.25, 0.3) is 0 Å². The minimum Gasteiger partial charge on any atom is -0.491 e. The summed E-state index contributed by atoms with van der Waals surface area (Å²) >= 11 is 0. The Kier molecular flexibility index (Phi) is 15.9. The van der Waals surface area contributed by atoms with Crippen LogP contribution in [0.2, 0.25) is 68.0 Å². The summed E-state index contributed by atoms with van der Waals surface area (Å²) in [6.07, 6.45) is 1.25. The van der Waals surface area contributed by atoms with Gasteiger partial charge in [0.1, 0.15) is 0 Å². The van der Waals surface area contributed by atoms with E-state index in [-0.39, 0.29) is 11.8 Å². The summed E-state index contributed by atoms with van der Waals surface area (Å²) in [4.78, 5) is 12.8. The highest BCUT2D eigenvalue weighted by Gasteiger charge is 2.62. The molecule has 0 atom stereocenters. The summed E-state index contributed by atoms with van der Waals surface area (Å²) in [5, 5.41) is 0. The molecule has 0 aliphatic heterocycles. The lowest BCUT2D eigenvalue weighted by Crippen LogP contribution is -2.69. The van der Waals surface area contributed by atoms with Gasteiger partial charge in [0.25, 0.3) is 0 Å². The molecule has 0 heterocycles. The van der Waals surface area contributed by atoms with Crippen LogP contribution in [0.5, 0.6) is 0 Å². The summed E-state index contributed by atoms with van der Waals surface area (Å²) in [5.41, 5.74) is 0. The summed E-state index contributed by atoms with van der Waals surface area (Å²) in [6, 6.07) is 7.11. The molecule has 0 aliphatic carbocycles. The first-order chi connectivity index (χ1) is 17.0. The first-order valence-corrected chi connectivity index (χ1v) is 27.0. The van der Waals surface area contributed by atoms with E-state index in [2.05, 4.69) is 95.5 Å². The van der Waals surface area contributed by atoms with Crippen molar-refractivity contribution in [2.45, 2.75) is 137 Å². The maximum atomic E-state index is 12.8. The van der Waals surface area contributed by atoms with E-state index in [4.69, 9.17) is 20.9 Å². The number of hydrogen-bond donors (Lipinski definition) is 0. The van der Waals surface area contributed by atoms with E-state index < -0.39 is 48.5 Å². The first-order valence-electron chi connectivity index (χ1n) is 14.6. The molecule has 0 aromatic heterocycles. The van der Waals surface area contributed by atoms with Gasteiger partial charge in [0.15, 0.2) is 25.0 Å². The Bertz CT molecular complexity index is 639. The maximum Gasteiger partial charge on any atom is 0.639 e. The predicted molar refractivity (Wildman–Crippen MR) is 169 cm³/mol. The van der Waals surface area contributed by atoms with Crippen molar-refractivity contribution in [1.29, 1.82) is 0 Å². The van der Waals surface area contributed by atoms with Crippen LogP contribution in [0.15, 0.2) is 12.7 Å². The molecule has 0 radical (unpaired) electrons. The molecule has 0 unspecified atom stereocenters. The third-order valence-electron chi connectivity index (χ3n) is 7.18. The summed E-state index contributed by atoms with van der Waals surface area (Å²) < 4.78 is 35.4. The number of carbonyl (C=O) groups is 1. The molecule has 0 N–H and O–H groups in total. The van der Waals surface area contributed by atoms with Crippen molar-refractivity contribution in [3.05, 3.63) is 12.7 Å². The van der Waals surface area contributed by atoms with Crippen molar-refractivity contribution >= 4 is 48.5 Å². The maximum absolute atomic E-state index is 12.8. The van der Waals surface area contributed by atoms with E-state index in [0.717, 1.165) is 36.3 Å². The zero-order chi connectivity index (χ0) is 29.1. The molecular weight excluding hydrogens is 549 g/mol. The van der Waals surface area contributed by atoms with Crippen molar-refractivity contribution in [3.63, 3.8) is 0 Å². The van der Waals surface area contributed by atoms with Gasteiger partial charge in [-0.2, -0.15) is 0 Å². The standard InChI is InChI=1S/C26H60O6Si5/c1-15-26(27)28-36(22-24(8)9,23-25(10)11)32-37(29-33(12,13)14,30-34(16-2,17-3)18-4)31-35(19-5,20-6)21-7/h15,24-25H,1,16-23H2,2-14H3. The van der Waals surface area contributed by atoms with E-state index in [1.807, 2.05) is 0 Å². The monoisotopic (exact) mass is 608 g/mol. The van der Waals surface area contributed by atoms with E-state index in [9.17, 15) is 4.79 Å². The normalized spacial score (nSPS) is 13.9. The molecule has 0 aliphatic rings. The summed E-state index contributed by atoms with van der Waals surface area (Å²) in [7, 11) is -13.6. The van der Waals surface area contributed by atoms with Gasteiger partial charge in [-0.15, -0.1) is 0 Å². The highest BCUT2D eigenvalue weighted by molar-refractivity contribution is 6.92. The molecule has 0 aromatic carbocycles. The van der Waals surface area contributed by atoms with Crippen LogP contribution in [-0.2, 0) is 25.7 Å². The molecule has 37 heavy (non-hydrogen) atoms. The van der Waals surface area contributed by atoms with Gasteiger partial charge < -0.3 is 20.9 Å². The van der Waals surface area contributed by atoms with Gasteiger partial charge in [0, 0.05) is 18.2 Å². The van der Waals surface area contributed by atoms with Gasteiger partial charge in [-0.1, -0.05) is 75.8 Å². The molecule has 0 saturated heterocycles. The Morgan fingerprint density at radius 3 is 1.27 bits per heavy atom. The Hall–Kier alpha value is 0.134. The summed E-state index contributed by atoms with van der Waals surface area (Å²) in [6.45, 7) is 32.2. The fourth-order valence-electron chi connectivity index (χ4n) is 4.93. The van der Waals surface area contributed by atoms with E-state index in [0.29, 0.717) is 12.1 Å². The Balaban J connectivity index is 7.41. The molecule has 6 nitrogen and oxygen atoms in total. The largest absolute Gasteiger partial charge is 0.639 e. The SMILES string of the molecule is C=CC(=O)O[Si](CC(C)C)(CC(C)C)O[Si](O[Si](C)(C)C)(O[Si](CC)(CC)CC)O[Si](CC)(CC)CC. The fourth-order valence-corrected chi connectivity index (χ4v) is 27.8. The van der Waals surface area contributed by atoms with Gasteiger partial charge >= 0.3 is 23.6 Å². The topological polar surface area (TPSA) is 63.2 Å². The molecule has 0 fully saturated rings. The zero-order valence-corrected chi connectivity index (χ0v) is 31.5. The number of rotatable bonds is 20. The fraction of sp³-hybridized carbons (Fsp3) is 0.885. The van der Waals surface area contributed by atoms with Gasteiger partial charge in [0.05, 0.1) is 0 Å². The average molecular weight is 609 g/mol. The predicted octanol–water partition coefficient (Wildman–Crippen LogP) is 8.82. The molecule has 11 heteroatoms. The van der Waals surface area contributed by atoms with Crippen LogP contribution in [0, 0.1) is 11.8 Å². The summed E-state index contributed by atoms with van der Waals surface area (Å²) in [5.74, 6) is 0.120.